The third-order valence-corrected chi connectivity index (χ3v) is 3.43. The van der Waals surface area contributed by atoms with Gasteiger partial charge in [-0.2, -0.15) is 0 Å². The molecule has 0 spiro atoms. The van der Waals surface area contributed by atoms with Gasteiger partial charge in [0.25, 0.3) is 0 Å². The van der Waals surface area contributed by atoms with Gasteiger partial charge in [-0.25, -0.2) is 4.98 Å². The number of imidazole rings is 1. The van der Waals surface area contributed by atoms with Crippen molar-refractivity contribution in [2.45, 2.75) is 33.2 Å². The molecule has 0 aliphatic heterocycles. The number of halogens is 1. The van der Waals surface area contributed by atoms with Crippen LogP contribution in [-0.2, 0) is 6.54 Å². The van der Waals surface area contributed by atoms with Gasteiger partial charge in [-0.3, -0.25) is 0 Å². The zero-order chi connectivity index (χ0) is 13.1. The Balaban J connectivity index is 2.43. The predicted molar refractivity (Wildman–Crippen MR) is 77.4 cm³/mol. The van der Waals surface area contributed by atoms with Gasteiger partial charge in [0.1, 0.15) is 5.82 Å². The third kappa shape index (κ3) is 2.52. The van der Waals surface area contributed by atoms with Crippen molar-refractivity contribution in [2.24, 2.45) is 0 Å². The number of hydrogen-bond donors (Lipinski definition) is 1. The minimum Gasteiger partial charge on any atom is -0.328 e. The van der Waals surface area contributed by atoms with Gasteiger partial charge in [-0.05, 0) is 31.7 Å². The molecule has 0 saturated carbocycles. The van der Waals surface area contributed by atoms with E-state index < -0.39 is 0 Å². The van der Waals surface area contributed by atoms with E-state index in [0.717, 1.165) is 36.0 Å². The Labute approximate surface area is 113 Å². The molecule has 0 radical (unpaired) electrons. The summed E-state index contributed by atoms with van der Waals surface area (Å²) in [5.74, 6) is 1.53. The van der Waals surface area contributed by atoms with Gasteiger partial charge in [-0.15, -0.1) is 0 Å². The smallest absolute Gasteiger partial charge is 0.113 e. The molecule has 1 atom stereocenters. The molecular weight excluding hydrogens is 246 g/mol. The number of nitrogens with zero attached hydrogens (tertiary/aromatic N) is 2. The number of benzene rings is 1. The Morgan fingerprint density at radius 1 is 1.39 bits per heavy atom. The highest BCUT2D eigenvalue weighted by molar-refractivity contribution is 6.31. The molecule has 1 unspecified atom stereocenters. The van der Waals surface area contributed by atoms with Crippen LogP contribution in [0, 0.1) is 0 Å². The maximum Gasteiger partial charge on any atom is 0.113 e. The second-order valence-electron chi connectivity index (χ2n) is 4.56. The minimum absolute atomic E-state index is 0.399. The molecule has 1 heterocycles. The molecular formula is C14H20ClN3. The quantitative estimate of drug-likeness (QED) is 0.898. The summed E-state index contributed by atoms with van der Waals surface area (Å²) >= 11 is 6.03. The molecule has 0 aliphatic rings. The van der Waals surface area contributed by atoms with Crippen molar-refractivity contribution in [3.8, 4) is 0 Å². The highest BCUT2D eigenvalue weighted by Gasteiger charge is 2.15. The normalized spacial score (nSPS) is 13.1. The van der Waals surface area contributed by atoms with E-state index in [1.54, 1.807) is 0 Å². The van der Waals surface area contributed by atoms with Crippen molar-refractivity contribution in [3.05, 3.63) is 29.0 Å². The molecule has 0 amide bonds. The maximum absolute atomic E-state index is 6.03. The molecule has 0 fully saturated rings. The monoisotopic (exact) mass is 265 g/mol. The van der Waals surface area contributed by atoms with E-state index in [1.807, 2.05) is 12.1 Å². The average molecular weight is 266 g/mol. The summed E-state index contributed by atoms with van der Waals surface area (Å²) in [6, 6.07) is 5.92. The zero-order valence-corrected chi connectivity index (χ0v) is 12.0. The molecule has 18 heavy (non-hydrogen) atoms. The lowest BCUT2D eigenvalue weighted by Gasteiger charge is -2.13. The number of nitrogens with one attached hydrogen (secondary N) is 1. The van der Waals surface area contributed by atoms with Crippen LogP contribution in [0.2, 0.25) is 5.02 Å². The first-order valence-corrected chi connectivity index (χ1v) is 6.91. The van der Waals surface area contributed by atoms with Gasteiger partial charge in [0.05, 0.1) is 11.0 Å². The standard InChI is InChI=1S/C14H20ClN3/c1-4-16-9-10(3)14-17-12-8-11(15)6-7-13(12)18(14)5-2/h6-8,10,16H,4-5,9H2,1-3H3. The number of rotatable bonds is 5. The summed E-state index contributed by atoms with van der Waals surface area (Å²) in [6.07, 6.45) is 0. The molecule has 2 rings (SSSR count). The van der Waals surface area contributed by atoms with E-state index >= 15 is 0 Å². The minimum atomic E-state index is 0.399. The molecule has 2 aromatic rings. The SMILES string of the molecule is CCNCC(C)c1nc2cc(Cl)ccc2n1CC. The fourth-order valence-electron chi connectivity index (χ4n) is 2.28. The van der Waals surface area contributed by atoms with Crippen LogP contribution in [0.3, 0.4) is 0 Å². The van der Waals surface area contributed by atoms with Gasteiger partial charge >= 0.3 is 0 Å². The zero-order valence-electron chi connectivity index (χ0n) is 11.2. The molecule has 0 bridgehead atoms. The van der Waals surface area contributed by atoms with E-state index in [0.29, 0.717) is 5.92 Å². The van der Waals surface area contributed by atoms with Crippen LogP contribution in [0.4, 0.5) is 0 Å². The first-order valence-electron chi connectivity index (χ1n) is 6.53. The summed E-state index contributed by atoms with van der Waals surface area (Å²) in [6.45, 7) is 9.35. The van der Waals surface area contributed by atoms with Crippen LogP contribution in [-0.4, -0.2) is 22.6 Å². The van der Waals surface area contributed by atoms with Crippen LogP contribution in [0.15, 0.2) is 18.2 Å². The molecule has 1 aromatic heterocycles. The van der Waals surface area contributed by atoms with Crippen LogP contribution in [0.5, 0.6) is 0 Å². The first-order chi connectivity index (χ1) is 8.67. The summed E-state index contributed by atoms with van der Waals surface area (Å²) in [5, 5.41) is 4.12. The summed E-state index contributed by atoms with van der Waals surface area (Å²) in [4.78, 5) is 4.74. The van der Waals surface area contributed by atoms with Crippen molar-refractivity contribution >= 4 is 22.6 Å². The maximum atomic E-state index is 6.03. The summed E-state index contributed by atoms with van der Waals surface area (Å²) in [7, 11) is 0. The topological polar surface area (TPSA) is 29.9 Å². The van der Waals surface area contributed by atoms with E-state index in [-0.39, 0.29) is 0 Å². The van der Waals surface area contributed by atoms with Gasteiger partial charge in [0.15, 0.2) is 0 Å². The Morgan fingerprint density at radius 2 is 2.17 bits per heavy atom. The van der Waals surface area contributed by atoms with Crippen molar-refractivity contribution < 1.29 is 0 Å². The molecule has 1 aromatic carbocycles. The van der Waals surface area contributed by atoms with Gasteiger partial charge in [0, 0.05) is 24.0 Å². The lowest BCUT2D eigenvalue weighted by atomic mass is 10.1. The Kier molecular flexibility index (Phi) is 4.25. The Morgan fingerprint density at radius 3 is 2.83 bits per heavy atom. The van der Waals surface area contributed by atoms with E-state index in [4.69, 9.17) is 16.6 Å². The summed E-state index contributed by atoms with van der Waals surface area (Å²) in [5.41, 5.74) is 2.16. The second kappa shape index (κ2) is 5.72. The van der Waals surface area contributed by atoms with Crippen LogP contribution in [0.25, 0.3) is 11.0 Å². The fourth-order valence-corrected chi connectivity index (χ4v) is 2.45. The van der Waals surface area contributed by atoms with Gasteiger partial charge in [-0.1, -0.05) is 25.4 Å². The van der Waals surface area contributed by atoms with Crippen LogP contribution < -0.4 is 5.32 Å². The fraction of sp³-hybridized carbons (Fsp3) is 0.500. The second-order valence-corrected chi connectivity index (χ2v) is 4.99. The highest BCUT2D eigenvalue weighted by Crippen LogP contribution is 2.24. The van der Waals surface area contributed by atoms with Crippen LogP contribution in [0.1, 0.15) is 32.5 Å². The lowest BCUT2D eigenvalue weighted by Crippen LogP contribution is -2.21. The molecule has 1 N–H and O–H groups in total. The predicted octanol–water partition coefficient (Wildman–Crippen LogP) is 3.42. The lowest BCUT2D eigenvalue weighted by molar-refractivity contribution is 0.577. The highest BCUT2D eigenvalue weighted by atomic mass is 35.5. The van der Waals surface area contributed by atoms with Crippen molar-refractivity contribution in [3.63, 3.8) is 0 Å². The van der Waals surface area contributed by atoms with Crippen LogP contribution >= 0.6 is 11.6 Å². The van der Waals surface area contributed by atoms with Crippen molar-refractivity contribution in [1.82, 2.24) is 14.9 Å². The molecule has 0 aliphatic carbocycles. The van der Waals surface area contributed by atoms with Gasteiger partial charge in [0.2, 0.25) is 0 Å². The number of aryl methyl sites for hydroxylation is 1. The first kappa shape index (κ1) is 13.4. The average Bonchev–Trinajstić information content (AvgIpc) is 2.73. The number of aromatic nitrogens is 2. The number of fused-ring (bicyclic) bond motifs is 1. The Hall–Kier alpha value is -1.06. The van der Waals surface area contributed by atoms with E-state index in [2.05, 4.69) is 36.7 Å². The number of hydrogen-bond acceptors (Lipinski definition) is 2. The summed E-state index contributed by atoms with van der Waals surface area (Å²) < 4.78 is 2.27. The molecule has 4 heteroatoms. The molecule has 0 saturated heterocycles. The third-order valence-electron chi connectivity index (χ3n) is 3.20. The molecule has 3 nitrogen and oxygen atoms in total. The number of likely N-dealkylation sites (N-methyl/N-ethyl adjacent to an activating group) is 1. The largest absolute Gasteiger partial charge is 0.328 e. The van der Waals surface area contributed by atoms with E-state index in [1.165, 1.54) is 5.52 Å². The molecule has 98 valence electrons. The Bertz CT molecular complexity index is 533. The van der Waals surface area contributed by atoms with Gasteiger partial charge < -0.3 is 9.88 Å². The van der Waals surface area contributed by atoms with Crippen molar-refractivity contribution in [2.75, 3.05) is 13.1 Å². The van der Waals surface area contributed by atoms with E-state index in [9.17, 15) is 0 Å². The van der Waals surface area contributed by atoms with Crippen molar-refractivity contribution in [1.29, 1.82) is 0 Å².